The van der Waals surface area contributed by atoms with Crippen molar-refractivity contribution in [1.29, 1.82) is 0 Å². The molecule has 9 heteroatoms. The predicted octanol–water partition coefficient (Wildman–Crippen LogP) is 4.96. The number of carbonyl (C=O) groups excluding carboxylic acids is 2. The number of benzene rings is 2. The van der Waals surface area contributed by atoms with Crippen LogP contribution in [0.2, 0.25) is 0 Å². The lowest BCUT2D eigenvalue weighted by molar-refractivity contribution is 0.0991. The average Bonchev–Trinajstić information content (AvgIpc) is 2.98. The number of aryl methyl sites for hydroxylation is 1. The van der Waals surface area contributed by atoms with Gasteiger partial charge in [0.25, 0.3) is 11.8 Å². The van der Waals surface area contributed by atoms with Gasteiger partial charge >= 0.3 is 0 Å². The summed E-state index contributed by atoms with van der Waals surface area (Å²) >= 11 is 0. The molecule has 0 bridgehead atoms. The molecule has 1 saturated heterocycles. The third-order valence-corrected chi connectivity index (χ3v) is 6.65. The van der Waals surface area contributed by atoms with E-state index in [-0.39, 0.29) is 11.5 Å². The summed E-state index contributed by atoms with van der Waals surface area (Å²) in [5.74, 6) is -1.06. The molecule has 3 heterocycles. The van der Waals surface area contributed by atoms with Crippen LogP contribution >= 0.6 is 0 Å². The molecule has 0 spiro atoms. The van der Waals surface area contributed by atoms with Crippen LogP contribution in [0, 0.1) is 12.7 Å². The van der Waals surface area contributed by atoms with Crippen molar-refractivity contribution in [3.63, 3.8) is 0 Å². The lowest BCUT2D eigenvalue weighted by Gasteiger charge is -2.29. The highest BCUT2D eigenvalue weighted by Crippen LogP contribution is 2.27. The number of amides is 2. The molecule has 4 aromatic rings. The minimum Gasteiger partial charge on any atom is -0.378 e. The maximum absolute atomic E-state index is 14.4. The van der Waals surface area contributed by atoms with Crippen molar-refractivity contribution in [2.45, 2.75) is 6.92 Å². The zero-order valence-corrected chi connectivity index (χ0v) is 21.7. The monoisotopic (exact) mass is 525 g/mol. The van der Waals surface area contributed by atoms with Crippen molar-refractivity contribution in [2.24, 2.45) is 0 Å². The lowest BCUT2D eigenvalue weighted by Crippen LogP contribution is -2.36. The Morgan fingerprint density at radius 2 is 1.77 bits per heavy atom. The largest absolute Gasteiger partial charge is 0.378 e. The Bertz CT molecular complexity index is 1490. The van der Waals surface area contributed by atoms with Gasteiger partial charge in [0.15, 0.2) is 0 Å². The lowest BCUT2D eigenvalue weighted by atomic mass is 10.0. The number of rotatable bonds is 6. The molecule has 0 radical (unpaired) electrons. The summed E-state index contributed by atoms with van der Waals surface area (Å²) in [6.07, 6.45) is 4.86. The van der Waals surface area contributed by atoms with Crippen LogP contribution in [0.4, 0.5) is 21.5 Å². The van der Waals surface area contributed by atoms with Gasteiger partial charge in [0.2, 0.25) is 0 Å². The summed E-state index contributed by atoms with van der Waals surface area (Å²) in [7, 11) is 1.70. The number of pyridine rings is 2. The van der Waals surface area contributed by atoms with Crippen LogP contribution in [0.5, 0.6) is 0 Å². The third-order valence-electron chi connectivity index (χ3n) is 6.65. The van der Waals surface area contributed by atoms with Gasteiger partial charge in [-0.25, -0.2) is 4.39 Å². The van der Waals surface area contributed by atoms with Crippen LogP contribution in [0.3, 0.4) is 0 Å². The van der Waals surface area contributed by atoms with Crippen molar-refractivity contribution in [3.05, 3.63) is 102 Å². The van der Waals surface area contributed by atoms with Crippen LogP contribution in [-0.4, -0.2) is 55.1 Å². The van der Waals surface area contributed by atoms with Gasteiger partial charge in [0, 0.05) is 54.4 Å². The van der Waals surface area contributed by atoms with E-state index in [0.717, 1.165) is 16.8 Å². The van der Waals surface area contributed by atoms with E-state index in [4.69, 9.17) is 4.74 Å². The molecule has 1 fully saturated rings. The topological polar surface area (TPSA) is 87.7 Å². The Morgan fingerprint density at radius 1 is 1.00 bits per heavy atom. The summed E-state index contributed by atoms with van der Waals surface area (Å²) in [6.45, 7) is 4.27. The van der Waals surface area contributed by atoms with E-state index >= 15 is 0 Å². The molecule has 5 rings (SSSR count). The molecule has 0 unspecified atom stereocenters. The van der Waals surface area contributed by atoms with E-state index < -0.39 is 11.7 Å². The van der Waals surface area contributed by atoms with E-state index in [9.17, 15) is 14.0 Å². The van der Waals surface area contributed by atoms with Crippen LogP contribution in [0.15, 0.2) is 79.3 Å². The Hall–Kier alpha value is -4.63. The van der Waals surface area contributed by atoms with Crippen LogP contribution in [-0.2, 0) is 4.74 Å². The Balaban J connectivity index is 1.33. The minimum atomic E-state index is -0.476. The van der Waals surface area contributed by atoms with Crippen molar-refractivity contribution in [1.82, 2.24) is 9.97 Å². The first-order valence-electron chi connectivity index (χ1n) is 12.6. The number of morpholine rings is 1. The van der Waals surface area contributed by atoms with Gasteiger partial charge in [-0.1, -0.05) is 12.1 Å². The van der Waals surface area contributed by atoms with Crippen molar-refractivity contribution < 1.29 is 18.7 Å². The Morgan fingerprint density at radius 3 is 2.49 bits per heavy atom. The SMILES string of the molecule is Cc1ncc(NC(=O)c2cc(F)cc(N3CCOCC3)c2)cc1-c1ccc(C(=O)N(C)c2cccnc2)cc1. The normalized spacial score (nSPS) is 13.2. The number of nitrogens with one attached hydrogen (secondary N) is 1. The van der Waals surface area contributed by atoms with E-state index in [1.807, 2.05) is 36.1 Å². The second-order valence-electron chi connectivity index (χ2n) is 9.26. The summed E-state index contributed by atoms with van der Waals surface area (Å²) in [4.78, 5) is 38.0. The van der Waals surface area contributed by atoms with Gasteiger partial charge in [-0.2, -0.15) is 0 Å². The van der Waals surface area contributed by atoms with Gasteiger partial charge in [-0.15, -0.1) is 0 Å². The molecule has 2 amide bonds. The first-order chi connectivity index (χ1) is 18.9. The zero-order chi connectivity index (χ0) is 27.4. The quantitative estimate of drug-likeness (QED) is 0.383. The van der Waals surface area contributed by atoms with Crippen LogP contribution in [0.25, 0.3) is 11.1 Å². The maximum atomic E-state index is 14.4. The summed E-state index contributed by atoms with van der Waals surface area (Å²) in [6, 6.07) is 17.0. The molecule has 0 atom stereocenters. The number of hydrogen-bond donors (Lipinski definition) is 1. The van der Waals surface area contributed by atoms with Crippen molar-refractivity contribution in [2.75, 3.05) is 48.5 Å². The molecule has 1 aliphatic rings. The minimum absolute atomic E-state index is 0.156. The van der Waals surface area contributed by atoms with E-state index in [2.05, 4.69) is 15.3 Å². The number of hydrogen-bond acceptors (Lipinski definition) is 6. The number of ether oxygens (including phenoxy) is 1. The molecular weight excluding hydrogens is 497 g/mol. The number of carbonyl (C=O) groups is 2. The highest BCUT2D eigenvalue weighted by molar-refractivity contribution is 6.06. The van der Waals surface area contributed by atoms with E-state index in [0.29, 0.717) is 48.9 Å². The van der Waals surface area contributed by atoms with Gasteiger partial charge in [0.05, 0.1) is 37.0 Å². The average molecular weight is 526 g/mol. The first kappa shape index (κ1) is 26.0. The second kappa shape index (κ2) is 11.4. The molecule has 39 heavy (non-hydrogen) atoms. The maximum Gasteiger partial charge on any atom is 0.258 e. The Labute approximate surface area is 226 Å². The number of nitrogens with zero attached hydrogens (tertiary/aromatic N) is 4. The third kappa shape index (κ3) is 5.94. The number of anilines is 3. The molecule has 2 aromatic heterocycles. The molecular formula is C30H28FN5O3. The summed E-state index contributed by atoms with van der Waals surface area (Å²) in [5, 5.41) is 2.84. The highest BCUT2D eigenvalue weighted by Gasteiger charge is 2.17. The van der Waals surface area contributed by atoms with Gasteiger partial charge < -0.3 is 19.9 Å². The molecule has 1 aliphatic heterocycles. The molecule has 0 saturated carbocycles. The molecule has 0 aliphatic carbocycles. The molecule has 1 N–H and O–H groups in total. The number of halogens is 1. The fraction of sp³-hybridized carbons (Fsp3) is 0.200. The predicted molar refractivity (Wildman–Crippen MR) is 149 cm³/mol. The molecule has 8 nitrogen and oxygen atoms in total. The summed E-state index contributed by atoms with van der Waals surface area (Å²) < 4.78 is 19.7. The zero-order valence-electron chi connectivity index (χ0n) is 21.7. The van der Waals surface area contributed by atoms with Crippen LogP contribution < -0.4 is 15.1 Å². The molecule has 198 valence electrons. The van der Waals surface area contributed by atoms with Gasteiger partial charge in [0.1, 0.15) is 5.82 Å². The molecule has 2 aromatic carbocycles. The summed E-state index contributed by atoms with van der Waals surface area (Å²) in [5.41, 5.74) is 4.99. The fourth-order valence-corrected chi connectivity index (χ4v) is 4.46. The van der Waals surface area contributed by atoms with Crippen LogP contribution in [0.1, 0.15) is 26.4 Å². The highest BCUT2D eigenvalue weighted by atomic mass is 19.1. The smallest absolute Gasteiger partial charge is 0.258 e. The van der Waals surface area contributed by atoms with E-state index in [1.165, 1.54) is 12.1 Å². The number of aromatic nitrogens is 2. The fourth-order valence-electron chi connectivity index (χ4n) is 4.46. The van der Waals surface area contributed by atoms with Crippen molar-refractivity contribution in [3.8, 4) is 11.1 Å². The van der Waals surface area contributed by atoms with Gasteiger partial charge in [-0.05, 0) is 61.0 Å². The first-order valence-corrected chi connectivity index (χ1v) is 12.6. The van der Waals surface area contributed by atoms with Crippen molar-refractivity contribution >= 4 is 28.9 Å². The van der Waals surface area contributed by atoms with E-state index in [1.54, 1.807) is 54.8 Å². The Kier molecular flexibility index (Phi) is 7.60. The standard InChI is InChI=1S/C30H28FN5O3/c1-20-28(21-5-7-22(8-6-21)30(38)35(2)26-4-3-9-32-19-26)17-25(18-33-20)34-29(37)23-14-24(31)16-27(15-23)36-10-12-39-13-11-36/h3-9,14-19H,10-13H2,1-2H3,(H,34,37). The van der Waals surface area contributed by atoms with Gasteiger partial charge in [-0.3, -0.25) is 19.6 Å². The second-order valence-corrected chi connectivity index (χ2v) is 9.26.